The number of carbonyl (C=O) groups excluding carboxylic acids is 1. The maximum atomic E-state index is 12.2. The number of esters is 1. The molecule has 0 bridgehead atoms. The number of rotatable bonds is 3. The van der Waals surface area contributed by atoms with Gasteiger partial charge in [-0.2, -0.15) is 0 Å². The second-order valence-electron chi connectivity index (χ2n) is 7.65. The highest BCUT2D eigenvalue weighted by molar-refractivity contribution is 6.12. The zero-order valence-corrected chi connectivity index (χ0v) is 15.9. The Bertz CT molecular complexity index is 868. The number of benzene rings is 2. The molecule has 4 nitrogen and oxygen atoms in total. The summed E-state index contributed by atoms with van der Waals surface area (Å²) in [6.07, 6.45) is 1.75. The van der Waals surface area contributed by atoms with Gasteiger partial charge in [-0.1, -0.05) is 45.0 Å². The van der Waals surface area contributed by atoms with E-state index in [4.69, 9.17) is 4.74 Å². The van der Waals surface area contributed by atoms with E-state index in [1.54, 1.807) is 6.08 Å². The van der Waals surface area contributed by atoms with Crippen molar-refractivity contribution in [3.05, 3.63) is 70.9 Å². The van der Waals surface area contributed by atoms with Gasteiger partial charge >= 0.3 is 5.97 Å². The van der Waals surface area contributed by atoms with Gasteiger partial charge in [-0.05, 0) is 46.9 Å². The summed E-state index contributed by atoms with van der Waals surface area (Å²) in [4.78, 5) is 18.6. The summed E-state index contributed by atoms with van der Waals surface area (Å²) in [5.74, 6) is -0.0665. The Morgan fingerprint density at radius 3 is 2.12 bits per heavy atom. The molecule has 26 heavy (non-hydrogen) atoms. The maximum absolute atomic E-state index is 12.2. The van der Waals surface area contributed by atoms with Crippen molar-refractivity contribution < 1.29 is 9.53 Å². The number of cyclic esters (lactones) is 1. The second-order valence-corrected chi connectivity index (χ2v) is 7.65. The van der Waals surface area contributed by atoms with Crippen molar-refractivity contribution in [2.75, 3.05) is 19.0 Å². The van der Waals surface area contributed by atoms with Crippen molar-refractivity contribution in [3.63, 3.8) is 0 Å². The van der Waals surface area contributed by atoms with E-state index in [1.807, 2.05) is 67.5 Å². The van der Waals surface area contributed by atoms with Gasteiger partial charge in [0, 0.05) is 25.3 Å². The van der Waals surface area contributed by atoms with E-state index >= 15 is 0 Å². The Morgan fingerprint density at radius 2 is 1.58 bits per heavy atom. The lowest BCUT2D eigenvalue weighted by Gasteiger charge is -2.18. The van der Waals surface area contributed by atoms with Crippen LogP contribution in [0.3, 0.4) is 0 Å². The molecule has 0 aliphatic carbocycles. The van der Waals surface area contributed by atoms with E-state index in [0.29, 0.717) is 11.6 Å². The van der Waals surface area contributed by atoms with E-state index in [-0.39, 0.29) is 5.41 Å². The van der Waals surface area contributed by atoms with E-state index in [9.17, 15) is 4.79 Å². The van der Waals surface area contributed by atoms with Crippen LogP contribution >= 0.6 is 0 Å². The summed E-state index contributed by atoms with van der Waals surface area (Å²) < 4.78 is 5.35. The Balaban J connectivity index is 1.84. The minimum atomic E-state index is -0.420. The first-order chi connectivity index (χ1) is 12.2. The van der Waals surface area contributed by atoms with E-state index in [2.05, 4.69) is 25.8 Å². The molecule has 0 N–H and O–H groups in total. The Labute approximate surface area is 154 Å². The highest BCUT2D eigenvalue weighted by Gasteiger charge is 2.24. The predicted molar refractivity (Wildman–Crippen MR) is 107 cm³/mol. The van der Waals surface area contributed by atoms with Crippen LogP contribution in [0.2, 0.25) is 0 Å². The monoisotopic (exact) mass is 348 g/mol. The molecule has 1 heterocycles. The third-order valence-corrected chi connectivity index (χ3v) is 4.33. The number of anilines is 1. The molecule has 0 atom stereocenters. The first-order valence-electron chi connectivity index (χ1n) is 8.65. The van der Waals surface area contributed by atoms with Crippen molar-refractivity contribution in [3.8, 4) is 0 Å². The number of aliphatic imine (C=N–C) groups is 1. The molecule has 3 rings (SSSR count). The van der Waals surface area contributed by atoms with Crippen LogP contribution in [-0.2, 0) is 14.9 Å². The van der Waals surface area contributed by atoms with Crippen molar-refractivity contribution >= 4 is 23.6 Å². The van der Waals surface area contributed by atoms with E-state index in [0.717, 1.165) is 16.8 Å². The molecule has 0 amide bonds. The van der Waals surface area contributed by atoms with Crippen LogP contribution in [0, 0.1) is 0 Å². The largest absolute Gasteiger partial charge is 0.402 e. The highest BCUT2D eigenvalue weighted by atomic mass is 16.6. The number of nitrogens with zero attached hydrogens (tertiary/aromatic N) is 2. The van der Waals surface area contributed by atoms with Crippen molar-refractivity contribution in [2.24, 2.45) is 4.99 Å². The van der Waals surface area contributed by atoms with Crippen LogP contribution in [0.1, 0.15) is 37.5 Å². The summed E-state index contributed by atoms with van der Waals surface area (Å²) in [5, 5.41) is 0. The Hall–Kier alpha value is -2.88. The zero-order chi connectivity index (χ0) is 18.9. The van der Waals surface area contributed by atoms with Gasteiger partial charge < -0.3 is 9.64 Å². The van der Waals surface area contributed by atoms with Crippen molar-refractivity contribution in [1.29, 1.82) is 0 Å². The maximum Gasteiger partial charge on any atom is 0.363 e. The average molecular weight is 348 g/mol. The average Bonchev–Trinajstić information content (AvgIpc) is 2.95. The molecule has 0 saturated carbocycles. The van der Waals surface area contributed by atoms with Gasteiger partial charge in [0.25, 0.3) is 0 Å². The number of carbonyl (C=O) groups is 1. The molecule has 0 spiro atoms. The topological polar surface area (TPSA) is 41.9 Å². The van der Waals surface area contributed by atoms with Gasteiger partial charge in [-0.3, -0.25) is 0 Å². The fourth-order valence-corrected chi connectivity index (χ4v) is 2.67. The third-order valence-electron chi connectivity index (χ3n) is 4.33. The van der Waals surface area contributed by atoms with Gasteiger partial charge in [0.05, 0.1) is 0 Å². The van der Waals surface area contributed by atoms with Gasteiger partial charge in [0.1, 0.15) is 0 Å². The lowest BCUT2D eigenvalue weighted by molar-refractivity contribution is -0.129. The molecular formula is C22H24N2O2. The van der Waals surface area contributed by atoms with Crippen LogP contribution in [0.25, 0.3) is 6.08 Å². The molecule has 134 valence electrons. The van der Waals surface area contributed by atoms with Crippen LogP contribution in [0.4, 0.5) is 5.69 Å². The summed E-state index contributed by atoms with van der Waals surface area (Å²) in [6.45, 7) is 6.49. The predicted octanol–water partition coefficient (Wildman–Crippen LogP) is 4.39. The van der Waals surface area contributed by atoms with Crippen LogP contribution in [-0.4, -0.2) is 26.0 Å². The fraction of sp³-hybridized carbons (Fsp3) is 0.273. The molecule has 1 aliphatic heterocycles. The highest BCUT2D eigenvalue weighted by Crippen LogP contribution is 2.24. The molecule has 2 aromatic carbocycles. The first kappa shape index (κ1) is 17.9. The summed E-state index contributed by atoms with van der Waals surface area (Å²) in [7, 11) is 3.98. The molecule has 0 saturated heterocycles. The van der Waals surface area contributed by atoms with Gasteiger partial charge in [0.15, 0.2) is 5.70 Å². The zero-order valence-electron chi connectivity index (χ0n) is 15.9. The number of hydrogen-bond donors (Lipinski definition) is 0. The molecule has 0 fully saturated rings. The number of ether oxygens (including phenoxy) is 1. The molecule has 2 aromatic rings. The second kappa shape index (κ2) is 6.79. The van der Waals surface area contributed by atoms with Gasteiger partial charge in [0.2, 0.25) is 5.90 Å². The van der Waals surface area contributed by atoms with Crippen molar-refractivity contribution in [1.82, 2.24) is 0 Å². The van der Waals surface area contributed by atoms with Crippen LogP contribution in [0.5, 0.6) is 0 Å². The summed E-state index contributed by atoms with van der Waals surface area (Å²) in [5.41, 5.74) is 4.44. The normalized spacial score (nSPS) is 15.8. The first-order valence-corrected chi connectivity index (χ1v) is 8.65. The summed E-state index contributed by atoms with van der Waals surface area (Å²) in [6, 6.07) is 15.9. The van der Waals surface area contributed by atoms with Crippen molar-refractivity contribution in [2.45, 2.75) is 26.2 Å². The SMILES string of the molecule is CN(C)c1ccc(/C=C2/N=C(c3ccc(C(C)(C)C)cc3)OC2=O)cc1. The Morgan fingerprint density at radius 1 is 0.962 bits per heavy atom. The lowest BCUT2D eigenvalue weighted by Crippen LogP contribution is -2.11. The molecule has 0 radical (unpaired) electrons. The fourth-order valence-electron chi connectivity index (χ4n) is 2.67. The molecule has 0 aromatic heterocycles. The minimum absolute atomic E-state index is 0.0798. The van der Waals surface area contributed by atoms with Crippen LogP contribution < -0.4 is 4.90 Å². The standard InChI is InChI=1S/C22H24N2O2/c1-22(2,3)17-10-8-16(9-11-17)20-23-19(21(25)26-20)14-15-6-12-18(13-7-15)24(4)5/h6-14H,1-5H3/b19-14+. The minimum Gasteiger partial charge on any atom is -0.402 e. The molecule has 4 heteroatoms. The lowest BCUT2D eigenvalue weighted by atomic mass is 9.87. The Kier molecular flexibility index (Phi) is 4.68. The molecular weight excluding hydrogens is 324 g/mol. The summed E-state index contributed by atoms with van der Waals surface area (Å²) >= 11 is 0. The van der Waals surface area contributed by atoms with Crippen LogP contribution in [0.15, 0.2) is 59.2 Å². The van der Waals surface area contributed by atoms with Gasteiger partial charge in [-0.15, -0.1) is 0 Å². The third kappa shape index (κ3) is 3.85. The van der Waals surface area contributed by atoms with E-state index in [1.165, 1.54) is 5.56 Å². The molecule has 1 aliphatic rings. The van der Waals surface area contributed by atoms with E-state index < -0.39 is 5.97 Å². The smallest absolute Gasteiger partial charge is 0.363 e. The molecule has 0 unspecified atom stereocenters. The quantitative estimate of drug-likeness (QED) is 0.610. The van der Waals surface area contributed by atoms with Gasteiger partial charge in [-0.25, -0.2) is 9.79 Å². The number of hydrogen-bond acceptors (Lipinski definition) is 4.